The van der Waals surface area contributed by atoms with Gasteiger partial charge in [0.2, 0.25) is 5.91 Å². The molecule has 4 N–H and O–H groups in total. The Kier molecular flexibility index (Phi) is 5.63. The lowest BCUT2D eigenvalue weighted by Crippen LogP contribution is -2.31. The molecular weight excluding hydrogens is 380 g/mol. The molecule has 30 heavy (non-hydrogen) atoms. The number of benzene rings is 2. The molecule has 0 unspecified atom stereocenters. The normalized spacial score (nSPS) is 19.0. The molecule has 1 aliphatic rings. The second kappa shape index (κ2) is 8.36. The lowest BCUT2D eigenvalue weighted by Gasteiger charge is -2.28. The van der Waals surface area contributed by atoms with Crippen molar-refractivity contribution in [3.05, 3.63) is 58.0 Å². The summed E-state index contributed by atoms with van der Waals surface area (Å²) in [6.45, 7) is 2.41. The maximum Gasteiger partial charge on any atom is 0.326 e. The topological polar surface area (TPSA) is 102 Å². The van der Waals surface area contributed by atoms with Crippen LogP contribution in [0.5, 0.6) is 5.75 Å². The van der Waals surface area contributed by atoms with Crippen molar-refractivity contribution in [3.63, 3.8) is 0 Å². The van der Waals surface area contributed by atoms with E-state index in [1.54, 1.807) is 7.11 Å². The lowest BCUT2D eigenvalue weighted by atomic mass is 9.85. The number of aromatic nitrogens is 2. The molecule has 158 valence electrons. The zero-order chi connectivity index (χ0) is 21.3. The number of hydrogen-bond donors (Lipinski definition) is 3. The number of nitrogens with two attached hydrogens (primary N) is 1. The van der Waals surface area contributed by atoms with Gasteiger partial charge in [0.05, 0.1) is 18.1 Å². The van der Waals surface area contributed by atoms with Crippen LogP contribution >= 0.6 is 0 Å². The number of methoxy groups -OCH3 is 1. The SMILES string of the molecule is COc1cc(NC(=O)C2CCC(n3c(=O)[nH]c4cc(CN)ccc43)CC2)ccc1C. The van der Waals surface area contributed by atoms with Crippen LogP contribution in [0, 0.1) is 12.8 Å². The van der Waals surface area contributed by atoms with Gasteiger partial charge in [-0.05, 0) is 61.9 Å². The number of amides is 1. The Labute approximate surface area is 175 Å². The van der Waals surface area contributed by atoms with Crippen LogP contribution in [0.25, 0.3) is 11.0 Å². The van der Waals surface area contributed by atoms with Crippen LogP contribution in [-0.4, -0.2) is 22.6 Å². The molecule has 1 heterocycles. The molecule has 1 amide bonds. The molecule has 0 saturated heterocycles. The van der Waals surface area contributed by atoms with Gasteiger partial charge in [-0.1, -0.05) is 12.1 Å². The fraction of sp³-hybridized carbons (Fsp3) is 0.391. The predicted octanol–water partition coefficient (Wildman–Crippen LogP) is 3.48. The van der Waals surface area contributed by atoms with Crippen LogP contribution in [0.15, 0.2) is 41.2 Å². The Balaban J connectivity index is 1.44. The third kappa shape index (κ3) is 3.85. The molecule has 4 rings (SSSR count). The zero-order valence-electron chi connectivity index (χ0n) is 17.4. The Morgan fingerprint density at radius 3 is 2.67 bits per heavy atom. The number of imidazole rings is 1. The number of fused-ring (bicyclic) bond motifs is 1. The number of carbonyl (C=O) groups excluding carboxylic acids is 1. The van der Waals surface area contributed by atoms with Crippen LogP contribution in [0.3, 0.4) is 0 Å². The van der Waals surface area contributed by atoms with Crippen molar-refractivity contribution in [2.75, 3.05) is 12.4 Å². The largest absolute Gasteiger partial charge is 0.496 e. The number of carbonyl (C=O) groups is 1. The van der Waals surface area contributed by atoms with Gasteiger partial charge in [0.1, 0.15) is 5.75 Å². The molecule has 1 saturated carbocycles. The lowest BCUT2D eigenvalue weighted by molar-refractivity contribution is -0.121. The van der Waals surface area contributed by atoms with Crippen LogP contribution in [0.2, 0.25) is 0 Å². The van der Waals surface area contributed by atoms with E-state index in [1.165, 1.54) is 0 Å². The van der Waals surface area contributed by atoms with Gasteiger partial charge >= 0.3 is 5.69 Å². The van der Waals surface area contributed by atoms with Crippen LogP contribution in [-0.2, 0) is 11.3 Å². The minimum absolute atomic E-state index is 0.0261. The van der Waals surface area contributed by atoms with Gasteiger partial charge in [-0.15, -0.1) is 0 Å². The van der Waals surface area contributed by atoms with Gasteiger partial charge in [-0.2, -0.15) is 0 Å². The molecule has 3 aromatic rings. The van der Waals surface area contributed by atoms with E-state index in [1.807, 2.05) is 47.9 Å². The fourth-order valence-corrected chi connectivity index (χ4v) is 4.41. The summed E-state index contributed by atoms with van der Waals surface area (Å²) in [7, 11) is 1.62. The molecule has 7 heteroatoms. The highest BCUT2D eigenvalue weighted by Crippen LogP contribution is 2.34. The Hall–Kier alpha value is -3.06. The number of H-pyrrole nitrogens is 1. The van der Waals surface area contributed by atoms with Crippen molar-refractivity contribution in [2.45, 2.75) is 45.2 Å². The molecule has 1 fully saturated rings. The second-order valence-corrected chi connectivity index (χ2v) is 8.03. The van der Waals surface area contributed by atoms with Crippen molar-refractivity contribution in [3.8, 4) is 5.75 Å². The summed E-state index contributed by atoms with van der Waals surface area (Å²) < 4.78 is 7.18. The maximum absolute atomic E-state index is 12.8. The summed E-state index contributed by atoms with van der Waals surface area (Å²) in [4.78, 5) is 28.3. The molecule has 0 atom stereocenters. The molecular formula is C23H28N4O3. The molecule has 1 aromatic heterocycles. The summed E-state index contributed by atoms with van der Waals surface area (Å²) in [5, 5.41) is 3.01. The van der Waals surface area contributed by atoms with E-state index in [9.17, 15) is 9.59 Å². The number of rotatable bonds is 5. The number of hydrogen-bond acceptors (Lipinski definition) is 4. The highest BCUT2D eigenvalue weighted by atomic mass is 16.5. The second-order valence-electron chi connectivity index (χ2n) is 8.03. The van der Waals surface area contributed by atoms with E-state index in [0.717, 1.165) is 59.3 Å². The summed E-state index contributed by atoms with van der Waals surface area (Å²) in [6.07, 6.45) is 3.08. The van der Waals surface area contributed by atoms with Gasteiger partial charge in [0, 0.05) is 30.3 Å². The quantitative estimate of drug-likeness (QED) is 0.601. The van der Waals surface area contributed by atoms with Crippen molar-refractivity contribution in [2.24, 2.45) is 11.7 Å². The first-order chi connectivity index (χ1) is 14.5. The Bertz CT molecular complexity index is 1120. The van der Waals surface area contributed by atoms with Crippen LogP contribution in [0.1, 0.15) is 42.9 Å². The van der Waals surface area contributed by atoms with Gasteiger partial charge in [-0.25, -0.2) is 4.79 Å². The molecule has 2 aromatic carbocycles. The summed E-state index contributed by atoms with van der Waals surface area (Å²) in [5.74, 6) is 0.726. The third-order valence-corrected chi connectivity index (χ3v) is 6.12. The highest BCUT2D eigenvalue weighted by Gasteiger charge is 2.29. The highest BCUT2D eigenvalue weighted by molar-refractivity contribution is 5.92. The minimum atomic E-state index is -0.0983. The Morgan fingerprint density at radius 2 is 1.97 bits per heavy atom. The van der Waals surface area contributed by atoms with E-state index in [4.69, 9.17) is 10.5 Å². The average Bonchev–Trinajstić information content (AvgIpc) is 3.09. The van der Waals surface area contributed by atoms with E-state index in [0.29, 0.717) is 6.54 Å². The maximum atomic E-state index is 12.8. The fourth-order valence-electron chi connectivity index (χ4n) is 4.41. The van der Waals surface area contributed by atoms with E-state index >= 15 is 0 Å². The van der Waals surface area contributed by atoms with Gasteiger partial charge in [-0.3, -0.25) is 9.36 Å². The summed E-state index contributed by atoms with van der Waals surface area (Å²) >= 11 is 0. The molecule has 7 nitrogen and oxygen atoms in total. The standard InChI is InChI=1S/C23H28N4O3/c1-14-3-7-17(12-21(14)30-2)25-22(28)16-5-8-18(9-6-16)27-20-10-4-15(13-24)11-19(20)26-23(27)29/h3-4,7,10-12,16,18H,5-6,8-9,13,24H2,1-2H3,(H,25,28)(H,26,29). The van der Waals surface area contributed by atoms with Gasteiger partial charge < -0.3 is 20.8 Å². The van der Waals surface area contributed by atoms with Crippen LogP contribution < -0.4 is 21.5 Å². The molecule has 0 bridgehead atoms. The van der Waals surface area contributed by atoms with E-state index in [-0.39, 0.29) is 23.6 Å². The first-order valence-electron chi connectivity index (χ1n) is 10.4. The first-order valence-corrected chi connectivity index (χ1v) is 10.4. The van der Waals surface area contributed by atoms with Crippen molar-refractivity contribution in [1.29, 1.82) is 0 Å². The van der Waals surface area contributed by atoms with E-state index in [2.05, 4.69) is 10.3 Å². The van der Waals surface area contributed by atoms with Crippen molar-refractivity contribution < 1.29 is 9.53 Å². The number of aromatic amines is 1. The summed E-state index contributed by atoms with van der Waals surface area (Å²) in [5.41, 5.74) is 10.1. The third-order valence-electron chi connectivity index (χ3n) is 6.12. The predicted molar refractivity (Wildman–Crippen MR) is 118 cm³/mol. The first kappa shape index (κ1) is 20.2. The molecule has 1 aliphatic carbocycles. The number of aryl methyl sites for hydroxylation is 1. The molecule has 0 aliphatic heterocycles. The number of nitrogens with one attached hydrogen (secondary N) is 2. The Morgan fingerprint density at radius 1 is 1.20 bits per heavy atom. The minimum Gasteiger partial charge on any atom is -0.496 e. The van der Waals surface area contributed by atoms with Gasteiger partial charge in [0.15, 0.2) is 0 Å². The van der Waals surface area contributed by atoms with Crippen molar-refractivity contribution >= 4 is 22.6 Å². The molecule has 0 radical (unpaired) electrons. The number of anilines is 1. The number of nitrogens with zero attached hydrogens (tertiary/aromatic N) is 1. The average molecular weight is 409 g/mol. The van der Waals surface area contributed by atoms with Gasteiger partial charge in [0.25, 0.3) is 0 Å². The monoisotopic (exact) mass is 408 g/mol. The van der Waals surface area contributed by atoms with Crippen LogP contribution in [0.4, 0.5) is 5.69 Å². The molecule has 0 spiro atoms. The summed E-state index contributed by atoms with van der Waals surface area (Å²) in [6, 6.07) is 11.6. The van der Waals surface area contributed by atoms with E-state index < -0.39 is 0 Å². The zero-order valence-corrected chi connectivity index (χ0v) is 17.4. The van der Waals surface area contributed by atoms with Crippen molar-refractivity contribution in [1.82, 2.24) is 9.55 Å². The number of ether oxygens (including phenoxy) is 1. The smallest absolute Gasteiger partial charge is 0.326 e.